The van der Waals surface area contributed by atoms with Gasteiger partial charge < -0.3 is 15.4 Å². The summed E-state index contributed by atoms with van der Waals surface area (Å²) >= 11 is 6.15. The molecule has 0 spiro atoms. The van der Waals surface area contributed by atoms with E-state index in [1.807, 2.05) is 36.4 Å². The summed E-state index contributed by atoms with van der Waals surface area (Å²) in [5.74, 6) is 0.556. The summed E-state index contributed by atoms with van der Waals surface area (Å²) in [5, 5.41) is 10.2. The zero-order valence-corrected chi connectivity index (χ0v) is 15.0. The molecule has 2 N–H and O–H groups in total. The summed E-state index contributed by atoms with van der Waals surface area (Å²) < 4.78 is 5.77. The SMILES string of the molecule is CCN(CC)c1ccc2c(c1)OC(N)=C(C#N)C2c1cccc(Cl)c1. The average molecular weight is 354 g/mol. The molecule has 0 saturated heterocycles. The Balaban J connectivity index is 2.14. The van der Waals surface area contributed by atoms with Crippen LogP contribution in [0.5, 0.6) is 5.75 Å². The van der Waals surface area contributed by atoms with Crippen molar-refractivity contribution < 1.29 is 4.74 Å². The summed E-state index contributed by atoms with van der Waals surface area (Å²) in [4.78, 5) is 2.23. The smallest absolute Gasteiger partial charge is 0.205 e. The van der Waals surface area contributed by atoms with Crippen molar-refractivity contribution in [2.45, 2.75) is 19.8 Å². The summed E-state index contributed by atoms with van der Waals surface area (Å²) in [6, 6.07) is 15.8. The Morgan fingerprint density at radius 1 is 1.20 bits per heavy atom. The average Bonchev–Trinajstić information content (AvgIpc) is 2.61. The van der Waals surface area contributed by atoms with E-state index in [0.717, 1.165) is 29.9 Å². The molecule has 5 heteroatoms. The molecule has 1 unspecified atom stereocenters. The number of ether oxygens (including phenoxy) is 1. The van der Waals surface area contributed by atoms with Gasteiger partial charge in [0.1, 0.15) is 17.4 Å². The van der Waals surface area contributed by atoms with Crippen LogP contribution in [-0.2, 0) is 0 Å². The van der Waals surface area contributed by atoms with E-state index in [4.69, 9.17) is 22.1 Å². The number of allylic oxidation sites excluding steroid dienone is 1. The lowest BCUT2D eigenvalue weighted by atomic mass is 9.83. The van der Waals surface area contributed by atoms with E-state index in [1.54, 1.807) is 0 Å². The molecule has 128 valence electrons. The molecule has 0 bridgehead atoms. The van der Waals surface area contributed by atoms with E-state index in [2.05, 4.69) is 30.9 Å². The van der Waals surface area contributed by atoms with Crippen molar-refractivity contribution in [1.29, 1.82) is 5.26 Å². The van der Waals surface area contributed by atoms with Gasteiger partial charge in [-0.25, -0.2) is 0 Å². The van der Waals surface area contributed by atoms with Crippen LogP contribution < -0.4 is 15.4 Å². The molecule has 2 aromatic rings. The van der Waals surface area contributed by atoms with Crippen molar-refractivity contribution in [2.75, 3.05) is 18.0 Å². The lowest BCUT2D eigenvalue weighted by Gasteiger charge is -2.29. The van der Waals surface area contributed by atoms with Gasteiger partial charge in [0.05, 0.1) is 5.92 Å². The second-order valence-corrected chi connectivity index (χ2v) is 6.31. The Bertz CT molecular complexity index is 865. The highest BCUT2D eigenvalue weighted by atomic mass is 35.5. The maximum atomic E-state index is 9.60. The minimum atomic E-state index is -0.279. The van der Waals surface area contributed by atoms with Crippen molar-refractivity contribution >= 4 is 17.3 Å². The first-order chi connectivity index (χ1) is 12.1. The normalized spacial score (nSPS) is 16.0. The minimum absolute atomic E-state index is 0.150. The third kappa shape index (κ3) is 3.16. The molecule has 4 nitrogen and oxygen atoms in total. The van der Waals surface area contributed by atoms with Gasteiger partial charge in [-0.05, 0) is 37.6 Å². The zero-order valence-electron chi connectivity index (χ0n) is 14.3. The van der Waals surface area contributed by atoms with E-state index < -0.39 is 0 Å². The van der Waals surface area contributed by atoms with E-state index in [-0.39, 0.29) is 11.8 Å². The van der Waals surface area contributed by atoms with Crippen molar-refractivity contribution in [3.63, 3.8) is 0 Å². The van der Waals surface area contributed by atoms with Gasteiger partial charge in [-0.2, -0.15) is 5.26 Å². The van der Waals surface area contributed by atoms with Crippen LogP contribution in [0, 0.1) is 11.3 Å². The fourth-order valence-electron chi connectivity index (χ4n) is 3.26. The Morgan fingerprint density at radius 3 is 2.60 bits per heavy atom. The third-order valence-electron chi connectivity index (χ3n) is 4.51. The highest BCUT2D eigenvalue weighted by molar-refractivity contribution is 6.30. The number of anilines is 1. The topological polar surface area (TPSA) is 62.3 Å². The Morgan fingerprint density at radius 2 is 1.96 bits per heavy atom. The van der Waals surface area contributed by atoms with Crippen LogP contribution in [-0.4, -0.2) is 13.1 Å². The molecule has 0 fully saturated rings. The van der Waals surface area contributed by atoms with Gasteiger partial charge >= 0.3 is 0 Å². The van der Waals surface area contributed by atoms with Crippen LogP contribution in [0.2, 0.25) is 5.02 Å². The van der Waals surface area contributed by atoms with Crippen molar-refractivity contribution in [2.24, 2.45) is 5.73 Å². The van der Waals surface area contributed by atoms with Crippen LogP contribution in [0.4, 0.5) is 5.69 Å². The second-order valence-electron chi connectivity index (χ2n) is 5.87. The largest absolute Gasteiger partial charge is 0.440 e. The maximum Gasteiger partial charge on any atom is 0.205 e. The summed E-state index contributed by atoms with van der Waals surface area (Å²) in [7, 11) is 0. The van der Waals surface area contributed by atoms with Crippen molar-refractivity contribution in [3.05, 3.63) is 70.1 Å². The molecular formula is C20H20ClN3O. The highest BCUT2D eigenvalue weighted by Crippen LogP contribution is 2.43. The van der Waals surface area contributed by atoms with Gasteiger partial charge in [0, 0.05) is 35.4 Å². The first-order valence-electron chi connectivity index (χ1n) is 8.31. The monoisotopic (exact) mass is 353 g/mol. The molecule has 0 radical (unpaired) electrons. The standard InChI is InChI=1S/C20H20ClN3O/c1-3-24(4-2)15-8-9-16-18(11-15)25-20(23)17(12-22)19(16)13-6-5-7-14(21)10-13/h5-11,19H,3-4,23H2,1-2H3. The van der Waals surface area contributed by atoms with Crippen molar-refractivity contribution in [1.82, 2.24) is 0 Å². The summed E-state index contributed by atoms with van der Waals surface area (Å²) in [6.07, 6.45) is 0. The van der Waals surface area contributed by atoms with Gasteiger partial charge in [-0.3, -0.25) is 0 Å². The predicted octanol–water partition coefficient (Wildman–Crippen LogP) is 4.40. The van der Waals surface area contributed by atoms with Crippen molar-refractivity contribution in [3.8, 4) is 11.8 Å². The van der Waals surface area contributed by atoms with Gasteiger partial charge in [0.25, 0.3) is 0 Å². The molecule has 0 aromatic heterocycles. The second kappa shape index (κ2) is 7.08. The molecule has 25 heavy (non-hydrogen) atoms. The van der Waals surface area contributed by atoms with Crippen LogP contribution in [0.3, 0.4) is 0 Å². The zero-order chi connectivity index (χ0) is 18.0. The first kappa shape index (κ1) is 17.2. The molecule has 3 rings (SSSR count). The number of hydrogen-bond donors (Lipinski definition) is 1. The molecule has 1 aliphatic rings. The number of nitrogens with two attached hydrogens (primary N) is 1. The summed E-state index contributed by atoms with van der Waals surface area (Å²) in [6.45, 7) is 6.03. The molecule has 1 atom stereocenters. The van der Waals surface area contributed by atoms with Gasteiger partial charge in [0.2, 0.25) is 5.88 Å². The maximum absolute atomic E-state index is 9.60. The number of halogens is 1. The first-order valence-corrected chi connectivity index (χ1v) is 8.68. The van der Waals surface area contributed by atoms with Crippen LogP contribution in [0.15, 0.2) is 53.9 Å². The fourth-order valence-corrected chi connectivity index (χ4v) is 3.46. The van der Waals surface area contributed by atoms with Gasteiger partial charge in [-0.1, -0.05) is 29.8 Å². The van der Waals surface area contributed by atoms with Crippen LogP contribution in [0.25, 0.3) is 0 Å². The number of benzene rings is 2. The number of fused-ring (bicyclic) bond motifs is 1. The predicted molar refractivity (Wildman–Crippen MR) is 101 cm³/mol. The number of rotatable bonds is 4. The summed E-state index contributed by atoms with van der Waals surface area (Å²) in [5.41, 5.74) is 9.37. The van der Waals surface area contributed by atoms with Crippen LogP contribution in [0.1, 0.15) is 30.9 Å². The minimum Gasteiger partial charge on any atom is -0.440 e. The van der Waals surface area contributed by atoms with Crippen LogP contribution >= 0.6 is 11.6 Å². The van der Waals surface area contributed by atoms with E-state index in [9.17, 15) is 5.26 Å². The number of nitriles is 1. The molecule has 0 aliphatic carbocycles. The molecule has 0 saturated carbocycles. The lowest BCUT2D eigenvalue weighted by molar-refractivity contribution is 0.393. The fraction of sp³-hybridized carbons (Fsp3) is 0.250. The van der Waals surface area contributed by atoms with Gasteiger partial charge in [0.15, 0.2) is 0 Å². The molecule has 0 amide bonds. The molecule has 1 aliphatic heterocycles. The number of nitrogens with zero attached hydrogens (tertiary/aromatic N) is 2. The third-order valence-corrected chi connectivity index (χ3v) is 4.75. The molecular weight excluding hydrogens is 334 g/mol. The molecule has 1 heterocycles. The quantitative estimate of drug-likeness (QED) is 0.884. The van der Waals surface area contributed by atoms with E-state index in [1.165, 1.54) is 0 Å². The van der Waals surface area contributed by atoms with E-state index in [0.29, 0.717) is 16.3 Å². The molecule has 2 aromatic carbocycles. The highest BCUT2D eigenvalue weighted by Gasteiger charge is 2.31. The van der Waals surface area contributed by atoms with E-state index >= 15 is 0 Å². The van der Waals surface area contributed by atoms with Gasteiger partial charge in [-0.15, -0.1) is 0 Å². The Hall–Kier alpha value is -2.64. The number of hydrogen-bond acceptors (Lipinski definition) is 4. The lowest BCUT2D eigenvalue weighted by Crippen LogP contribution is -2.24. The Labute approximate surface area is 153 Å². The Kier molecular flexibility index (Phi) is 4.87.